The molecule has 0 nitrogen and oxygen atoms in total. The van der Waals surface area contributed by atoms with Crippen LogP contribution in [0.2, 0.25) is 0 Å². The van der Waals surface area contributed by atoms with E-state index in [4.69, 9.17) is 0 Å². The molecule has 0 saturated carbocycles. The SMILES string of the molecule is CCCCCCCCc1cc(C)c2ccccc2c1-c1c(CCCCCCCC)cc(C)c2ccccc12. The Morgan fingerprint density at radius 1 is 0.421 bits per heavy atom. The summed E-state index contributed by atoms with van der Waals surface area (Å²) in [6.45, 7) is 9.22. The number of fused-ring (bicyclic) bond motifs is 2. The molecule has 0 aliphatic carbocycles. The molecule has 0 radical (unpaired) electrons. The summed E-state index contributed by atoms with van der Waals surface area (Å²) in [5, 5.41) is 5.69. The minimum atomic E-state index is 1.17. The summed E-state index contributed by atoms with van der Waals surface area (Å²) in [7, 11) is 0. The highest BCUT2D eigenvalue weighted by molar-refractivity contribution is 6.09. The van der Waals surface area contributed by atoms with E-state index < -0.39 is 0 Å². The van der Waals surface area contributed by atoms with Gasteiger partial charge in [-0.25, -0.2) is 0 Å². The summed E-state index contributed by atoms with van der Waals surface area (Å²) >= 11 is 0. The highest BCUT2D eigenvalue weighted by Crippen LogP contribution is 2.42. The van der Waals surface area contributed by atoms with Gasteiger partial charge in [0.1, 0.15) is 0 Å². The molecule has 0 aromatic heterocycles. The van der Waals surface area contributed by atoms with E-state index in [1.165, 1.54) is 134 Å². The topological polar surface area (TPSA) is 0 Å². The smallest absolute Gasteiger partial charge is 0.00641 e. The first kappa shape index (κ1) is 28.4. The monoisotopic (exact) mass is 506 g/mol. The van der Waals surface area contributed by atoms with E-state index in [0.29, 0.717) is 0 Å². The molecule has 4 aromatic carbocycles. The van der Waals surface area contributed by atoms with Crippen molar-refractivity contribution in [3.05, 3.63) is 82.9 Å². The van der Waals surface area contributed by atoms with Crippen LogP contribution in [0.15, 0.2) is 60.7 Å². The molecule has 0 N–H and O–H groups in total. The first-order chi connectivity index (χ1) is 18.7. The van der Waals surface area contributed by atoms with Gasteiger partial charge in [-0.1, -0.05) is 139 Å². The van der Waals surface area contributed by atoms with Crippen LogP contribution in [0.5, 0.6) is 0 Å². The Hall–Kier alpha value is -2.60. The summed E-state index contributed by atoms with van der Waals surface area (Å²) in [6, 6.07) is 23.3. The molecule has 0 fully saturated rings. The van der Waals surface area contributed by atoms with Crippen LogP contribution in [-0.2, 0) is 12.8 Å². The zero-order chi connectivity index (χ0) is 26.7. The molecule has 4 aromatic rings. The lowest BCUT2D eigenvalue weighted by Gasteiger charge is -2.22. The molecule has 0 saturated heterocycles. The van der Waals surface area contributed by atoms with Crippen LogP contribution in [-0.4, -0.2) is 0 Å². The molecule has 202 valence electrons. The van der Waals surface area contributed by atoms with Crippen molar-refractivity contribution >= 4 is 21.5 Å². The van der Waals surface area contributed by atoms with Crippen molar-refractivity contribution < 1.29 is 0 Å². The van der Waals surface area contributed by atoms with Gasteiger partial charge in [0.05, 0.1) is 0 Å². The Kier molecular flexibility index (Phi) is 10.9. The van der Waals surface area contributed by atoms with Crippen molar-refractivity contribution in [1.82, 2.24) is 0 Å². The van der Waals surface area contributed by atoms with Crippen LogP contribution < -0.4 is 0 Å². The molecule has 0 heteroatoms. The van der Waals surface area contributed by atoms with Crippen LogP contribution in [0.4, 0.5) is 0 Å². The summed E-state index contributed by atoms with van der Waals surface area (Å²) in [5.74, 6) is 0. The quantitative estimate of drug-likeness (QED) is 0.141. The van der Waals surface area contributed by atoms with Crippen LogP contribution in [0.3, 0.4) is 0 Å². The number of hydrogen-bond donors (Lipinski definition) is 0. The first-order valence-electron chi connectivity index (χ1n) is 15.7. The van der Waals surface area contributed by atoms with E-state index in [9.17, 15) is 0 Å². The van der Waals surface area contributed by atoms with Gasteiger partial charge < -0.3 is 0 Å². The largest absolute Gasteiger partial charge is 0.0654 e. The predicted octanol–water partition coefficient (Wildman–Crippen LogP) is 12.1. The van der Waals surface area contributed by atoms with Gasteiger partial charge >= 0.3 is 0 Å². The van der Waals surface area contributed by atoms with E-state index in [1.54, 1.807) is 11.1 Å². The van der Waals surface area contributed by atoms with Crippen LogP contribution in [0, 0.1) is 13.8 Å². The fourth-order valence-corrected chi connectivity index (χ4v) is 6.43. The molecular formula is C38H50. The summed E-state index contributed by atoms with van der Waals surface area (Å²) in [5.41, 5.74) is 8.96. The zero-order valence-electron chi connectivity index (χ0n) is 24.7. The molecule has 4 rings (SSSR count). The maximum Gasteiger partial charge on any atom is -0.00641 e. The molecule has 0 amide bonds. The van der Waals surface area contributed by atoms with Gasteiger partial charge in [0.25, 0.3) is 0 Å². The summed E-state index contributed by atoms with van der Waals surface area (Å²) in [6.07, 6.45) is 18.5. The van der Waals surface area contributed by atoms with Crippen LogP contribution >= 0.6 is 0 Å². The summed E-state index contributed by atoms with van der Waals surface area (Å²) in [4.78, 5) is 0. The average molecular weight is 507 g/mol. The molecule has 0 unspecified atom stereocenters. The van der Waals surface area contributed by atoms with Crippen molar-refractivity contribution in [3.63, 3.8) is 0 Å². The van der Waals surface area contributed by atoms with E-state index in [2.05, 4.69) is 88.4 Å². The van der Waals surface area contributed by atoms with Gasteiger partial charge in [0.2, 0.25) is 0 Å². The number of rotatable bonds is 15. The van der Waals surface area contributed by atoms with Crippen LogP contribution in [0.1, 0.15) is 113 Å². The lowest BCUT2D eigenvalue weighted by atomic mass is 9.82. The van der Waals surface area contributed by atoms with Gasteiger partial charge in [-0.3, -0.25) is 0 Å². The maximum absolute atomic E-state index is 2.52. The normalized spacial score (nSPS) is 11.6. The molecular weight excluding hydrogens is 456 g/mol. The molecule has 38 heavy (non-hydrogen) atoms. The van der Waals surface area contributed by atoms with Gasteiger partial charge in [-0.05, 0) is 94.5 Å². The number of aryl methyl sites for hydroxylation is 4. The minimum absolute atomic E-state index is 1.17. The van der Waals surface area contributed by atoms with E-state index in [0.717, 1.165) is 0 Å². The standard InChI is InChI=1S/C38H50/c1-5-7-9-11-13-15-21-31-27-29(3)33-23-17-19-25-35(33)37(31)38-32(22-16-14-12-10-8-6-2)28-30(4)34-24-18-20-26-36(34)38/h17-20,23-28H,5-16,21-22H2,1-4H3. The third kappa shape index (κ3) is 6.88. The molecule has 0 aliphatic heterocycles. The Balaban J connectivity index is 1.79. The average Bonchev–Trinajstić information content (AvgIpc) is 2.94. The van der Waals surface area contributed by atoms with E-state index >= 15 is 0 Å². The minimum Gasteiger partial charge on any atom is -0.0654 e. The van der Waals surface area contributed by atoms with E-state index in [1.807, 2.05) is 0 Å². The molecule has 0 atom stereocenters. The first-order valence-corrected chi connectivity index (χ1v) is 15.7. The molecule has 0 heterocycles. The second kappa shape index (κ2) is 14.5. The Labute approximate surface area is 232 Å². The Bertz CT molecular complexity index is 1210. The molecule has 0 aliphatic rings. The second-order valence-corrected chi connectivity index (χ2v) is 11.6. The highest BCUT2D eigenvalue weighted by atomic mass is 14.2. The predicted molar refractivity (Wildman–Crippen MR) is 171 cm³/mol. The van der Waals surface area contributed by atoms with Gasteiger partial charge in [0, 0.05) is 0 Å². The van der Waals surface area contributed by atoms with Gasteiger partial charge in [-0.15, -0.1) is 0 Å². The lowest BCUT2D eigenvalue weighted by molar-refractivity contribution is 0.607. The van der Waals surface area contributed by atoms with Gasteiger partial charge in [-0.2, -0.15) is 0 Å². The molecule has 0 spiro atoms. The second-order valence-electron chi connectivity index (χ2n) is 11.6. The van der Waals surface area contributed by atoms with Crippen molar-refractivity contribution in [1.29, 1.82) is 0 Å². The third-order valence-electron chi connectivity index (χ3n) is 8.52. The van der Waals surface area contributed by atoms with Crippen molar-refractivity contribution in [2.24, 2.45) is 0 Å². The van der Waals surface area contributed by atoms with Gasteiger partial charge in [0.15, 0.2) is 0 Å². The van der Waals surface area contributed by atoms with Crippen molar-refractivity contribution in [2.45, 2.75) is 118 Å². The van der Waals surface area contributed by atoms with Crippen molar-refractivity contribution in [3.8, 4) is 11.1 Å². The van der Waals surface area contributed by atoms with Crippen molar-refractivity contribution in [2.75, 3.05) is 0 Å². The fraction of sp³-hybridized carbons (Fsp3) is 0.474. The summed E-state index contributed by atoms with van der Waals surface area (Å²) < 4.78 is 0. The highest BCUT2D eigenvalue weighted by Gasteiger charge is 2.19. The zero-order valence-corrected chi connectivity index (χ0v) is 24.7. The Morgan fingerprint density at radius 3 is 1.16 bits per heavy atom. The number of unbranched alkanes of at least 4 members (excludes halogenated alkanes) is 10. The number of benzene rings is 4. The van der Waals surface area contributed by atoms with E-state index in [-0.39, 0.29) is 0 Å². The maximum atomic E-state index is 2.52. The third-order valence-corrected chi connectivity index (χ3v) is 8.52. The fourth-order valence-electron chi connectivity index (χ4n) is 6.43. The van der Waals surface area contributed by atoms with Crippen LogP contribution in [0.25, 0.3) is 32.7 Å². The number of hydrogen-bond acceptors (Lipinski definition) is 0. The molecule has 0 bridgehead atoms. The lowest BCUT2D eigenvalue weighted by Crippen LogP contribution is -2.00. The Morgan fingerprint density at radius 2 is 0.763 bits per heavy atom.